The summed E-state index contributed by atoms with van der Waals surface area (Å²) < 4.78 is 0. The standard InChI is InChI=1S/C54H56Cl2N12O3/c1-3-47(69)64-45-20-31-28-67(35-14-10-13-34(22-35)63-54-60-26-42(56)50(66-54)40-24-58-44-18-8-6-16-37(40)44)27-30(31)19-38(45)51-52(71)46(29-68(51)48(70)4-2)61-32-11-9-12-33(21-32)62-53-59-25-41(55)49(65-53)39-23-57-43-17-7-5-15-36(39)43/h3-8,15-20,23-26,32-35,46,51-52,57-58,61,71H,1-2,9-14,21-22,27-29H2,(H,64,69)(H,59,62,65)(H,60,63,66)/t32-,33+,34?,35+,46?,51?,52?/m0/s1. The Morgan fingerprint density at radius 3 is 1.94 bits per heavy atom. The van der Waals surface area contributed by atoms with Crippen LogP contribution in [0.25, 0.3) is 44.3 Å². The SMILES string of the molecule is C=CC(=O)Nc1cc2c(cc1C1C(O)C(N[C@H]3CCC[C@@H](Nc4ncc(Cl)c(-c5c[nH]c6ccccc56)n4)C3)CN1C(=O)C=C)CN([C@@H]1CCCC(Nc3ncc(Cl)c(-c4c[nH]c5ccccc45)n3)C1)C2. The van der Waals surface area contributed by atoms with Crippen molar-refractivity contribution in [3.8, 4) is 22.5 Å². The minimum Gasteiger partial charge on any atom is -0.389 e. The molecule has 2 saturated carbocycles. The topological polar surface area (TPSA) is 192 Å². The van der Waals surface area contributed by atoms with Gasteiger partial charge in [0.2, 0.25) is 23.7 Å². The fourth-order valence-electron chi connectivity index (χ4n) is 11.5. The number of benzene rings is 3. The number of carbonyl (C=O) groups excluding carboxylic acids is 2. The third-order valence-electron chi connectivity index (χ3n) is 14.9. The van der Waals surface area contributed by atoms with Crippen molar-refractivity contribution in [2.24, 2.45) is 0 Å². The molecule has 4 aromatic heterocycles. The van der Waals surface area contributed by atoms with E-state index in [0.29, 0.717) is 57.7 Å². The van der Waals surface area contributed by atoms with Crippen molar-refractivity contribution in [2.45, 2.75) is 107 Å². The molecule has 15 nitrogen and oxygen atoms in total. The molecule has 1 saturated heterocycles. The number of amides is 2. The monoisotopic (exact) mass is 990 g/mol. The number of aromatic amines is 2. The van der Waals surface area contributed by atoms with Crippen molar-refractivity contribution in [1.29, 1.82) is 0 Å². The van der Waals surface area contributed by atoms with E-state index in [-0.39, 0.29) is 42.5 Å². The minimum atomic E-state index is -0.989. The molecule has 7 aromatic rings. The summed E-state index contributed by atoms with van der Waals surface area (Å²) in [4.78, 5) is 56.5. The Labute approximate surface area is 421 Å². The molecule has 2 aliphatic heterocycles. The summed E-state index contributed by atoms with van der Waals surface area (Å²) in [5.41, 5.74) is 8.60. The second-order valence-electron chi connectivity index (χ2n) is 19.4. The van der Waals surface area contributed by atoms with Crippen LogP contribution in [0.4, 0.5) is 17.6 Å². The van der Waals surface area contributed by atoms with Crippen LogP contribution in [-0.4, -0.2) is 99.5 Å². The Bertz CT molecular complexity index is 3170. The predicted molar refractivity (Wildman–Crippen MR) is 280 cm³/mol. The zero-order valence-corrected chi connectivity index (χ0v) is 40.7. The number of anilines is 3. The number of para-hydroxylation sites is 2. The number of aromatic nitrogens is 6. The van der Waals surface area contributed by atoms with Gasteiger partial charge in [-0.15, -0.1) is 0 Å². The van der Waals surface area contributed by atoms with Gasteiger partial charge in [0.15, 0.2) is 0 Å². The first-order valence-electron chi connectivity index (χ1n) is 24.5. The first kappa shape index (κ1) is 46.7. The maximum absolute atomic E-state index is 13.7. The molecule has 71 heavy (non-hydrogen) atoms. The Balaban J connectivity index is 0.786. The molecule has 2 amide bonds. The van der Waals surface area contributed by atoms with Crippen LogP contribution in [0.2, 0.25) is 10.0 Å². The number of H-pyrrole nitrogens is 2. The Kier molecular flexibility index (Phi) is 13.1. The van der Waals surface area contributed by atoms with Gasteiger partial charge >= 0.3 is 0 Å². The number of hydrogen-bond acceptors (Lipinski definition) is 11. The fourth-order valence-corrected chi connectivity index (χ4v) is 11.9. The van der Waals surface area contributed by atoms with Crippen LogP contribution in [0.1, 0.15) is 74.1 Å². The number of hydrogen-bond donors (Lipinski definition) is 7. The second-order valence-corrected chi connectivity index (χ2v) is 20.2. The van der Waals surface area contributed by atoms with Crippen molar-refractivity contribution in [3.05, 3.63) is 137 Å². The highest BCUT2D eigenvalue weighted by Crippen LogP contribution is 2.42. The van der Waals surface area contributed by atoms with Crippen LogP contribution in [0.15, 0.2) is 111 Å². The smallest absolute Gasteiger partial charge is 0.247 e. The second kappa shape index (κ2) is 19.9. The van der Waals surface area contributed by atoms with Gasteiger partial charge in [0.1, 0.15) is 0 Å². The first-order valence-corrected chi connectivity index (χ1v) is 25.3. The largest absolute Gasteiger partial charge is 0.389 e. The van der Waals surface area contributed by atoms with Gasteiger partial charge in [-0.2, -0.15) is 0 Å². The highest BCUT2D eigenvalue weighted by atomic mass is 35.5. The highest BCUT2D eigenvalue weighted by molar-refractivity contribution is 6.33. The van der Waals surface area contributed by atoms with Crippen LogP contribution >= 0.6 is 23.2 Å². The number of nitrogens with one attached hydrogen (secondary N) is 6. The lowest BCUT2D eigenvalue weighted by molar-refractivity contribution is -0.127. The number of nitrogens with zero attached hydrogens (tertiary/aromatic N) is 6. The van der Waals surface area contributed by atoms with E-state index in [1.54, 1.807) is 17.3 Å². The lowest BCUT2D eigenvalue weighted by Crippen LogP contribution is -2.48. The Hall–Kier alpha value is -6.62. The van der Waals surface area contributed by atoms with E-state index in [2.05, 4.69) is 71.4 Å². The molecule has 17 heteroatoms. The number of carbonyl (C=O) groups is 2. The van der Waals surface area contributed by atoms with Gasteiger partial charge in [0.05, 0.1) is 52.0 Å². The van der Waals surface area contributed by atoms with Crippen molar-refractivity contribution in [2.75, 3.05) is 22.5 Å². The van der Waals surface area contributed by atoms with Gasteiger partial charge in [-0.1, -0.05) is 72.8 Å². The average Bonchev–Trinajstić information content (AvgIpc) is 4.19. The summed E-state index contributed by atoms with van der Waals surface area (Å²) >= 11 is 13.3. The van der Waals surface area contributed by atoms with E-state index in [1.165, 1.54) is 12.2 Å². The third kappa shape index (κ3) is 9.40. The molecule has 0 bridgehead atoms. The van der Waals surface area contributed by atoms with Crippen LogP contribution in [0.3, 0.4) is 0 Å². The van der Waals surface area contributed by atoms with Gasteiger partial charge in [0, 0.05) is 100 Å². The Morgan fingerprint density at radius 1 is 0.746 bits per heavy atom. The van der Waals surface area contributed by atoms with E-state index in [4.69, 9.17) is 33.2 Å². The van der Waals surface area contributed by atoms with Crippen molar-refractivity contribution in [3.63, 3.8) is 0 Å². The third-order valence-corrected chi connectivity index (χ3v) is 15.5. The average molecular weight is 992 g/mol. The normalized spacial score (nSPS) is 23.4. The van der Waals surface area contributed by atoms with Crippen molar-refractivity contribution in [1.82, 2.24) is 45.0 Å². The molecule has 11 rings (SSSR count). The number of likely N-dealkylation sites (tertiary alicyclic amines) is 1. The summed E-state index contributed by atoms with van der Waals surface area (Å²) in [7, 11) is 0. The number of rotatable bonds is 13. The molecule has 7 atom stereocenters. The summed E-state index contributed by atoms with van der Waals surface area (Å²) in [6.45, 7) is 9.18. The zero-order valence-electron chi connectivity index (χ0n) is 39.2. The van der Waals surface area contributed by atoms with Crippen LogP contribution < -0.4 is 21.3 Å². The molecule has 4 unspecified atom stereocenters. The van der Waals surface area contributed by atoms with Crippen molar-refractivity contribution < 1.29 is 14.7 Å². The fraction of sp³-hybridized carbons (Fsp3) is 0.333. The van der Waals surface area contributed by atoms with Crippen molar-refractivity contribution >= 4 is 74.4 Å². The van der Waals surface area contributed by atoms with Gasteiger partial charge in [-0.05, 0) is 98.9 Å². The van der Waals surface area contributed by atoms with Crippen LogP contribution in [-0.2, 0) is 22.7 Å². The highest BCUT2D eigenvalue weighted by Gasteiger charge is 2.46. The van der Waals surface area contributed by atoms with E-state index < -0.39 is 18.2 Å². The molecule has 3 fully saturated rings. The molecule has 2 aliphatic carbocycles. The van der Waals surface area contributed by atoms with Gasteiger partial charge in [-0.3, -0.25) is 14.5 Å². The van der Waals surface area contributed by atoms with E-state index >= 15 is 0 Å². The molecule has 4 aliphatic rings. The van der Waals surface area contributed by atoms with E-state index in [1.807, 2.05) is 60.9 Å². The molecule has 7 N–H and O–H groups in total. The molecule has 0 radical (unpaired) electrons. The number of aliphatic hydroxyl groups is 1. The maximum atomic E-state index is 13.7. The van der Waals surface area contributed by atoms with Gasteiger partial charge in [-0.25, -0.2) is 19.9 Å². The number of fused-ring (bicyclic) bond motifs is 3. The van der Waals surface area contributed by atoms with E-state index in [0.717, 1.165) is 95.4 Å². The molecule has 6 heterocycles. The molecular formula is C54H56Cl2N12O3. The summed E-state index contributed by atoms with van der Waals surface area (Å²) in [5.74, 6) is 0.372. The van der Waals surface area contributed by atoms with E-state index in [9.17, 15) is 14.7 Å². The Morgan fingerprint density at radius 2 is 1.32 bits per heavy atom. The van der Waals surface area contributed by atoms with Gasteiger partial charge < -0.3 is 41.2 Å². The van der Waals surface area contributed by atoms with Crippen LogP contribution in [0, 0.1) is 0 Å². The quantitative estimate of drug-likeness (QED) is 0.0545. The molecule has 0 spiro atoms. The number of aliphatic hydroxyl groups excluding tert-OH is 1. The summed E-state index contributed by atoms with van der Waals surface area (Å²) in [6.07, 6.45) is 16.2. The minimum absolute atomic E-state index is 0.0378. The zero-order chi connectivity index (χ0) is 48.8. The summed E-state index contributed by atoms with van der Waals surface area (Å²) in [5, 5.41) is 29.4. The summed E-state index contributed by atoms with van der Waals surface area (Å²) in [6, 6.07) is 19.5. The number of halogens is 2. The predicted octanol–water partition coefficient (Wildman–Crippen LogP) is 9.55. The molecule has 3 aromatic carbocycles. The maximum Gasteiger partial charge on any atom is 0.247 e. The molecular weight excluding hydrogens is 936 g/mol. The first-order chi connectivity index (χ1) is 34.6. The molecule has 364 valence electrons. The van der Waals surface area contributed by atoms with Gasteiger partial charge in [0.25, 0.3) is 0 Å². The lowest BCUT2D eigenvalue weighted by atomic mass is 9.89. The van der Waals surface area contributed by atoms with Crippen LogP contribution in [0.5, 0.6) is 0 Å². The lowest BCUT2D eigenvalue weighted by Gasteiger charge is -2.35.